The summed E-state index contributed by atoms with van der Waals surface area (Å²) < 4.78 is 6.15. The molecule has 1 rings (SSSR count). The molecular weight excluding hydrogens is 312 g/mol. The Hall–Kier alpha value is -1.14. The summed E-state index contributed by atoms with van der Waals surface area (Å²) in [7, 11) is 0. The molecule has 0 aliphatic heterocycles. The molecule has 0 radical (unpaired) electrons. The van der Waals surface area contributed by atoms with E-state index in [0.29, 0.717) is 18.8 Å². The number of hydrogen-bond donors (Lipinski definition) is 1. The molecule has 0 aliphatic carbocycles. The van der Waals surface area contributed by atoms with Gasteiger partial charge in [0.05, 0.1) is 17.6 Å². The van der Waals surface area contributed by atoms with Gasteiger partial charge in [-0.1, -0.05) is 29.8 Å². The minimum absolute atomic E-state index is 0.0674. The zero-order chi connectivity index (χ0) is 14.8. The van der Waals surface area contributed by atoms with E-state index >= 15 is 0 Å². The minimum atomic E-state index is -0.405. The number of halogens is 1. The van der Waals surface area contributed by atoms with Crippen LogP contribution in [0, 0.1) is 10.1 Å². The van der Waals surface area contributed by atoms with Crippen LogP contribution in [-0.2, 0) is 4.74 Å². The monoisotopic (exact) mass is 332 g/mol. The molecular formula is C13H21BrN2O3. The molecule has 108 valence electrons. The molecule has 0 heterocycles. The van der Waals surface area contributed by atoms with Gasteiger partial charge in [-0.05, 0) is 26.0 Å². The van der Waals surface area contributed by atoms with Gasteiger partial charge in [-0.15, -0.1) is 0 Å². The summed E-state index contributed by atoms with van der Waals surface area (Å²) in [5.74, 6) is 0. The van der Waals surface area contributed by atoms with Gasteiger partial charge in [0.1, 0.15) is 5.69 Å². The van der Waals surface area contributed by atoms with Gasteiger partial charge in [0.2, 0.25) is 0 Å². The summed E-state index contributed by atoms with van der Waals surface area (Å²) in [6.07, 6.45) is 0.161. The van der Waals surface area contributed by atoms with E-state index in [1.165, 1.54) is 6.07 Å². The maximum Gasteiger partial charge on any atom is 0.292 e. The van der Waals surface area contributed by atoms with Crippen molar-refractivity contribution in [3.8, 4) is 0 Å². The number of ether oxygens (including phenoxy) is 1. The molecule has 19 heavy (non-hydrogen) atoms. The van der Waals surface area contributed by atoms with Gasteiger partial charge >= 0.3 is 0 Å². The third-order valence-corrected chi connectivity index (χ3v) is 2.52. The van der Waals surface area contributed by atoms with Gasteiger partial charge in [0, 0.05) is 17.1 Å². The first-order chi connectivity index (χ1) is 9.00. The highest BCUT2D eigenvalue weighted by Crippen LogP contribution is 2.27. The van der Waals surface area contributed by atoms with E-state index in [0.717, 1.165) is 4.47 Å². The first-order valence-electron chi connectivity index (χ1n) is 6.30. The Morgan fingerprint density at radius 1 is 1.42 bits per heavy atom. The first kappa shape index (κ1) is 17.9. The molecule has 0 aliphatic rings. The Morgan fingerprint density at radius 3 is 2.58 bits per heavy atom. The fourth-order valence-electron chi connectivity index (χ4n) is 1.29. The van der Waals surface area contributed by atoms with Crippen molar-refractivity contribution >= 4 is 27.3 Å². The lowest BCUT2D eigenvalue weighted by molar-refractivity contribution is -0.384. The van der Waals surface area contributed by atoms with E-state index in [9.17, 15) is 10.1 Å². The molecule has 6 heteroatoms. The van der Waals surface area contributed by atoms with E-state index < -0.39 is 4.92 Å². The SMILES string of the molecule is CC.CC(C)OCCNc1cc(Br)ccc1[N+](=O)[O-]. The van der Waals surface area contributed by atoms with Crippen LogP contribution < -0.4 is 5.32 Å². The lowest BCUT2D eigenvalue weighted by Crippen LogP contribution is -2.13. The number of nitrogens with one attached hydrogen (secondary N) is 1. The molecule has 0 bridgehead atoms. The number of rotatable bonds is 6. The molecule has 1 N–H and O–H groups in total. The Kier molecular flexibility index (Phi) is 9.16. The molecule has 1 aromatic carbocycles. The highest BCUT2D eigenvalue weighted by Gasteiger charge is 2.12. The molecule has 1 aromatic rings. The number of benzene rings is 1. The van der Waals surface area contributed by atoms with Crippen LogP contribution in [0.1, 0.15) is 27.7 Å². The van der Waals surface area contributed by atoms with Crippen molar-refractivity contribution in [2.75, 3.05) is 18.5 Å². The van der Waals surface area contributed by atoms with Crippen molar-refractivity contribution in [3.63, 3.8) is 0 Å². The lowest BCUT2D eigenvalue weighted by Gasteiger charge is -2.10. The summed E-state index contributed by atoms with van der Waals surface area (Å²) >= 11 is 3.28. The molecule has 0 spiro atoms. The van der Waals surface area contributed by atoms with E-state index in [4.69, 9.17) is 4.74 Å². The third-order valence-electron chi connectivity index (χ3n) is 2.02. The molecule has 0 amide bonds. The minimum Gasteiger partial charge on any atom is -0.377 e. The summed E-state index contributed by atoms with van der Waals surface area (Å²) in [6, 6.07) is 4.80. The first-order valence-corrected chi connectivity index (χ1v) is 7.09. The Morgan fingerprint density at radius 2 is 2.05 bits per heavy atom. The van der Waals surface area contributed by atoms with Crippen LogP contribution in [0.4, 0.5) is 11.4 Å². The fraction of sp³-hybridized carbons (Fsp3) is 0.538. The van der Waals surface area contributed by atoms with Gasteiger partial charge < -0.3 is 10.1 Å². The van der Waals surface area contributed by atoms with Gasteiger partial charge in [-0.2, -0.15) is 0 Å². The van der Waals surface area contributed by atoms with Crippen LogP contribution in [0.15, 0.2) is 22.7 Å². The van der Waals surface area contributed by atoms with Gasteiger partial charge in [-0.3, -0.25) is 10.1 Å². The quantitative estimate of drug-likeness (QED) is 0.481. The third kappa shape index (κ3) is 7.12. The topological polar surface area (TPSA) is 64.4 Å². The number of anilines is 1. The smallest absolute Gasteiger partial charge is 0.292 e. The van der Waals surface area contributed by atoms with Crippen LogP contribution in [0.3, 0.4) is 0 Å². The molecule has 5 nitrogen and oxygen atoms in total. The van der Waals surface area contributed by atoms with E-state index in [2.05, 4.69) is 21.2 Å². The lowest BCUT2D eigenvalue weighted by atomic mass is 10.2. The van der Waals surface area contributed by atoms with Crippen molar-refractivity contribution in [1.29, 1.82) is 0 Å². The second-order valence-corrected chi connectivity index (χ2v) is 4.68. The zero-order valence-corrected chi connectivity index (χ0v) is 13.4. The van der Waals surface area contributed by atoms with Crippen LogP contribution in [-0.4, -0.2) is 24.2 Å². The van der Waals surface area contributed by atoms with E-state index in [1.54, 1.807) is 12.1 Å². The van der Waals surface area contributed by atoms with Gasteiger partial charge in [0.15, 0.2) is 0 Å². The average molecular weight is 333 g/mol. The maximum absolute atomic E-state index is 10.8. The van der Waals surface area contributed by atoms with Crippen molar-refractivity contribution in [1.82, 2.24) is 0 Å². The molecule has 0 saturated carbocycles. The Balaban J connectivity index is 0.00000154. The number of nitrogens with zero attached hydrogens (tertiary/aromatic N) is 1. The molecule has 0 atom stereocenters. The van der Waals surface area contributed by atoms with Crippen LogP contribution in [0.2, 0.25) is 0 Å². The van der Waals surface area contributed by atoms with Gasteiger partial charge in [-0.25, -0.2) is 0 Å². The number of nitro benzene ring substituents is 1. The second kappa shape index (κ2) is 9.75. The Labute approximate surface area is 122 Å². The summed E-state index contributed by atoms with van der Waals surface area (Å²) in [5.41, 5.74) is 0.564. The highest BCUT2D eigenvalue weighted by molar-refractivity contribution is 9.10. The predicted molar refractivity (Wildman–Crippen MR) is 81.7 cm³/mol. The standard InChI is InChI=1S/C11H15BrN2O3.C2H6/c1-8(2)17-6-5-13-10-7-9(12)3-4-11(10)14(15)16;1-2/h3-4,7-8,13H,5-6H2,1-2H3;1-2H3. The van der Waals surface area contributed by atoms with Crippen LogP contribution in [0.25, 0.3) is 0 Å². The molecule has 0 unspecified atom stereocenters. The average Bonchev–Trinajstić information content (AvgIpc) is 2.36. The van der Waals surface area contributed by atoms with Crippen molar-refractivity contribution in [2.24, 2.45) is 0 Å². The van der Waals surface area contributed by atoms with Crippen LogP contribution >= 0.6 is 15.9 Å². The normalized spacial score (nSPS) is 9.79. The molecule has 0 aromatic heterocycles. The molecule has 0 fully saturated rings. The van der Waals surface area contributed by atoms with E-state index in [1.807, 2.05) is 27.7 Å². The highest BCUT2D eigenvalue weighted by atomic mass is 79.9. The number of hydrogen-bond acceptors (Lipinski definition) is 4. The van der Waals surface area contributed by atoms with Crippen molar-refractivity contribution < 1.29 is 9.66 Å². The van der Waals surface area contributed by atoms with Crippen molar-refractivity contribution in [2.45, 2.75) is 33.8 Å². The fourth-order valence-corrected chi connectivity index (χ4v) is 1.65. The predicted octanol–water partition coefficient (Wildman–Crippen LogP) is 4.22. The largest absolute Gasteiger partial charge is 0.377 e. The summed E-state index contributed by atoms with van der Waals surface area (Å²) in [6.45, 7) is 8.94. The Bertz CT molecular complexity index is 397. The zero-order valence-electron chi connectivity index (χ0n) is 11.8. The maximum atomic E-state index is 10.8. The van der Waals surface area contributed by atoms with Gasteiger partial charge in [0.25, 0.3) is 5.69 Å². The summed E-state index contributed by atoms with van der Waals surface area (Å²) in [5, 5.41) is 13.8. The molecule has 0 saturated heterocycles. The summed E-state index contributed by atoms with van der Waals surface area (Å²) in [4.78, 5) is 10.4. The van der Waals surface area contributed by atoms with Crippen molar-refractivity contribution in [3.05, 3.63) is 32.8 Å². The van der Waals surface area contributed by atoms with Crippen LogP contribution in [0.5, 0.6) is 0 Å². The second-order valence-electron chi connectivity index (χ2n) is 3.76. The van der Waals surface area contributed by atoms with E-state index in [-0.39, 0.29) is 11.8 Å². The number of nitro groups is 1.